The fraction of sp³-hybridized carbons (Fsp3) is 0.297. The summed E-state index contributed by atoms with van der Waals surface area (Å²) in [7, 11) is -3.09. The Morgan fingerprint density at radius 1 is 0.837 bits per heavy atom. The van der Waals surface area contributed by atoms with Crippen LogP contribution in [0.1, 0.15) is 43.0 Å². The second-order valence-electron chi connectivity index (χ2n) is 12.7. The van der Waals surface area contributed by atoms with Gasteiger partial charge in [-0.15, -0.1) is 0 Å². The second-order valence-corrected chi connectivity index (χ2v) is 14.6. The van der Waals surface area contributed by atoms with Crippen molar-refractivity contribution in [1.29, 1.82) is 0 Å². The zero-order chi connectivity index (χ0) is 36.0. The SMILES string of the molecule is COc1cccc(CN(C(=O)CN(c2cccc(C(F)(F)F)c2)S(=O)(=O)c2ccc(C)cc2)[C@H](Cc2ccccc2)C(=O)NC(C)(C)C)c1. The molecule has 0 bridgehead atoms. The highest BCUT2D eigenvalue weighted by molar-refractivity contribution is 7.92. The first kappa shape index (κ1) is 37.0. The molecule has 0 aliphatic carbocycles. The lowest BCUT2D eigenvalue weighted by Crippen LogP contribution is -2.56. The Morgan fingerprint density at radius 2 is 1.47 bits per heavy atom. The Kier molecular flexibility index (Phi) is 11.4. The molecule has 0 spiro atoms. The van der Waals surface area contributed by atoms with Crippen molar-refractivity contribution in [1.82, 2.24) is 10.2 Å². The molecule has 0 heterocycles. The van der Waals surface area contributed by atoms with Gasteiger partial charge in [0.25, 0.3) is 10.0 Å². The first-order valence-electron chi connectivity index (χ1n) is 15.5. The van der Waals surface area contributed by atoms with E-state index in [2.05, 4.69) is 5.32 Å². The Morgan fingerprint density at radius 3 is 2.08 bits per heavy atom. The molecule has 0 radical (unpaired) electrons. The molecule has 49 heavy (non-hydrogen) atoms. The first-order chi connectivity index (χ1) is 23.0. The zero-order valence-electron chi connectivity index (χ0n) is 28.0. The minimum absolute atomic E-state index is 0.0761. The minimum atomic E-state index is -4.77. The molecule has 260 valence electrons. The Hall–Kier alpha value is -4.84. The van der Waals surface area contributed by atoms with E-state index in [0.29, 0.717) is 21.7 Å². The number of rotatable bonds is 12. The van der Waals surface area contributed by atoms with Gasteiger partial charge in [-0.3, -0.25) is 13.9 Å². The van der Waals surface area contributed by atoms with Crippen LogP contribution in [0.2, 0.25) is 0 Å². The van der Waals surface area contributed by atoms with Crippen molar-refractivity contribution < 1.29 is 35.9 Å². The van der Waals surface area contributed by atoms with Crippen molar-refractivity contribution in [3.63, 3.8) is 0 Å². The van der Waals surface area contributed by atoms with Crippen molar-refractivity contribution in [2.45, 2.75) is 63.3 Å². The van der Waals surface area contributed by atoms with E-state index < -0.39 is 51.7 Å². The molecule has 4 aromatic carbocycles. The van der Waals surface area contributed by atoms with Crippen LogP contribution in [0.15, 0.2) is 108 Å². The number of hydrogen-bond acceptors (Lipinski definition) is 5. The third-order valence-corrected chi connectivity index (χ3v) is 9.39. The summed E-state index contributed by atoms with van der Waals surface area (Å²) in [6.07, 6.45) is -4.70. The maximum Gasteiger partial charge on any atom is 0.416 e. The molecule has 2 amide bonds. The Labute approximate surface area is 285 Å². The van der Waals surface area contributed by atoms with E-state index in [1.54, 1.807) is 76.2 Å². The number of sulfonamides is 1. The summed E-state index contributed by atoms with van der Waals surface area (Å²) in [6.45, 7) is 6.12. The molecule has 0 aliphatic heterocycles. The number of hydrogen-bond donors (Lipinski definition) is 1. The summed E-state index contributed by atoms with van der Waals surface area (Å²) < 4.78 is 75.8. The maximum atomic E-state index is 14.6. The maximum absolute atomic E-state index is 14.6. The Balaban J connectivity index is 1.87. The van der Waals surface area contributed by atoms with Gasteiger partial charge in [-0.1, -0.05) is 66.2 Å². The zero-order valence-corrected chi connectivity index (χ0v) is 28.8. The number of alkyl halides is 3. The van der Waals surface area contributed by atoms with E-state index >= 15 is 0 Å². The topological polar surface area (TPSA) is 96.0 Å². The number of nitrogens with zero attached hydrogens (tertiary/aromatic N) is 2. The number of methoxy groups -OCH3 is 1. The smallest absolute Gasteiger partial charge is 0.416 e. The largest absolute Gasteiger partial charge is 0.497 e. The fourth-order valence-electron chi connectivity index (χ4n) is 5.18. The van der Waals surface area contributed by atoms with Crippen LogP contribution in [-0.4, -0.2) is 50.4 Å². The monoisotopic (exact) mass is 695 g/mol. The molecular formula is C37H40F3N3O5S. The van der Waals surface area contributed by atoms with Crippen LogP contribution in [0, 0.1) is 6.92 Å². The summed E-state index contributed by atoms with van der Waals surface area (Å²) in [4.78, 5) is 29.6. The van der Waals surface area contributed by atoms with E-state index in [9.17, 15) is 31.2 Å². The normalized spacial score (nSPS) is 12.6. The van der Waals surface area contributed by atoms with Crippen LogP contribution >= 0.6 is 0 Å². The predicted molar refractivity (Wildman–Crippen MR) is 183 cm³/mol. The molecule has 4 aromatic rings. The van der Waals surface area contributed by atoms with Crippen molar-refractivity contribution in [2.24, 2.45) is 0 Å². The summed E-state index contributed by atoms with van der Waals surface area (Å²) in [5.74, 6) is -0.795. The van der Waals surface area contributed by atoms with Crippen molar-refractivity contribution in [3.8, 4) is 5.75 Å². The third kappa shape index (κ3) is 9.85. The van der Waals surface area contributed by atoms with Gasteiger partial charge in [0.15, 0.2) is 0 Å². The molecule has 0 aromatic heterocycles. The highest BCUT2D eigenvalue weighted by atomic mass is 32.2. The highest BCUT2D eigenvalue weighted by Crippen LogP contribution is 2.33. The van der Waals surface area contributed by atoms with Gasteiger partial charge in [0.1, 0.15) is 18.3 Å². The molecule has 0 unspecified atom stereocenters. The highest BCUT2D eigenvalue weighted by Gasteiger charge is 2.37. The van der Waals surface area contributed by atoms with Gasteiger partial charge < -0.3 is 15.0 Å². The molecular weight excluding hydrogens is 655 g/mol. The van der Waals surface area contributed by atoms with Gasteiger partial charge in [0.2, 0.25) is 11.8 Å². The van der Waals surface area contributed by atoms with Gasteiger partial charge in [0, 0.05) is 18.5 Å². The number of carbonyl (C=O) groups is 2. The molecule has 0 fully saturated rings. The second kappa shape index (κ2) is 15.1. The first-order valence-corrected chi connectivity index (χ1v) is 17.0. The molecule has 0 aliphatic rings. The number of nitrogens with one attached hydrogen (secondary N) is 1. The summed E-state index contributed by atoms with van der Waals surface area (Å²) >= 11 is 0. The van der Waals surface area contributed by atoms with Crippen LogP contribution in [0.3, 0.4) is 0 Å². The van der Waals surface area contributed by atoms with Gasteiger partial charge >= 0.3 is 6.18 Å². The number of amides is 2. The lowest BCUT2D eigenvalue weighted by molar-refractivity contribution is -0.140. The number of ether oxygens (including phenoxy) is 1. The van der Waals surface area contributed by atoms with Crippen LogP contribution in [-0.2, 0) is 38.8 Å². The van der Waals surface area contributed by atoms with Crippen molar-refractivity contribution in [3.05, 3.63) is 125 Å². The number of halogens is 3. The Bertz CT molecular complexity index is 1860. The molecule has 0 saturated carbocycles. The lowest BCUT2D eigenvalue weighted by atomic mass is 10.0. The molecule has 12 heteroatoms. The standard InChI is InChI=1S/C37H40F3N3O5S/c1-26-17-19-32(20-18-26)49(46,47)43(30-15-10-14-29(23-30)37(38,39)40)25-34(44)42(24-28-13-9-16-31(21-28)48-5)33(35(45)41-36(2,3)4)22-27-11-7-6-8-12-27/h6-21,23,33H,22,24-25H2,1-5H3,(H,41,45)/t33-/m1/s1. The minimum Gasteiger partial charge on any atom is -0.497 e. The summed E-state index contributed by atoms with van der Waals surface area (Å²) in [5.41, 5.74) is -0.0394. The summed E-state index contributed by atoms with van der Waals surface area (Å²) in [5, 5.41) is 2.94. The average molecular weight is 696 g/mol. The van der Waals surface area contributed by atoms with E-state index in [-0.39, 0.29) is 23.5 Å². The number of anilines is 1. The molecule has 1 N–H and O–H groups in total. The lowest BCUT2D eigenvalue weighted by Gasteiger charge is -2.35. The third-order valence-electron chi connectivity index (χ3n) is 7.61. The van der Waals surface area contributed by atoms with E-state index in [1.807, 2.05) is 18.2 Å². The number of benzene rings is 4. The quantitative estimate of drug-likeness (QED) is 0.177. The van der Waals surface area contributed by atoms with Crippen LogP contribution in [0.25, 0.3) is 0 Å². The van der Waals surface area contributed by atoms with Crippen LogP contribution < -0.4 is 14.4 Å². The van der Waals surface area contributed by atoms with Gasteiger partial charge in [-0.25, -0.2) is 8.42 Å². The van der Waals surface area contributed by atoms with E-state index in [1.165, 1.54) is 30.2 Å². The molecule has 8 nitrogen and oxygen atoms in total. The van der Waals surface area contributed by atoms with Gasteiger partial charge in [0.05, 0.1) is 23.3 Å². The van der Waals surface area contributed by atoms with Crippen molar-refractivity contribution >= 4 is 27.5 Å². The number of aryl methyl sites for hydroxylation is 1. The number of carbonyl (C=O) groups excluding carboxylic acids is 2. The van der Waals surface area contributed by atoms with Gasteiger partial charge in [-0.2, -0.15) is 13.2 Å². The average Bonchev–Trinajstić information content (AvgIpc) is 3.04. The van der Waals surface area contributed by atoms with Gasteiger partial charge in [-0.05, 0) is 81.3 Å². The van der Waals surface area contributed by atoms with E-state index in [0.717, 1.165) is 23.3 Å². The molecule has 1 atom stereocenters. The van der Waals surface area contributed by atoms with Crippen molar-refractivity contribution in [2.75, 3.05) is 18.0 Å². The van der Waals surface area contributed by atoms with E-state index in [4.69, 9.17) is 4.74 Å². The molecule has 0 saturated heterocycles. The fourth-order valence-corrected chi connectivity index (χ4v) is 6.58. The predicted octanol–water partition coefficient (Wildman–Crippen LogP) is 6.77. The molecule has 4 rings (SSSR count). The van der Waals surface area contributed by atoms with Crippen LogP contribution in [0.5, 0.6) is 5.75 Å². The summed E-state index contributed by atoms with van der Waals surface area (Å²) in [6, 6.07) is 24.3. The van der Waals surface area contributed by atoms with Crippen LogP contribution in [0.4, 0.5) is 18.9 Å².